The molecule has 1 aliphatic heterocycles. The van der Waals surface area contributed by atoms with E-state index in [0.717, 1.165) is 18.8 Å². The first-order valence-corrected chi connectivity index (χ1v) is 6.13. The molecule has 0 aliphatic carbocycles. The van der Waals surface area contributed by atoms with Gasteiger partial charge in [0.15, 0.2) is 5.78 Å². The molecule has 1 aromatic heterocycles. The minimum Gasteiger partial charge on any atom is -0.297 e. The summed E-state index contributed by atoms with van der Waals surface area (Å²) in [4.78, 5) is 14.6. The Labute approximate surface area is 102 Å². The van der Waals surface area contributed by atoms with E-state index in [-0.39, 0.29) is 11.3 Å². The van der Waals surface area contributed by atoms with Crippen molar-refractivity contribution in [3.8, 4) is 0 Å². The summed E-state index contributed by atoms with van der Waals surface area (Å²) in [6.45, 7) is 6.08. The largest absolute Gasteiger partial charge is 0.297 e. The summed E-state index contributed by atoms with van der Waals surface area (Å²) in [7, 11) is 1.81. The topological polar surface area (TPSA) is 51.0 Å². The first kappa shape index (κ1) is 12.2. The Balaban J connectivity index is 2.03. The molecule has 0 atom stereocenters. The highest BCUT2D eigenvalue weighted by molar-refractivity contribution is 5.89. The van der Waals surface area contributed by atoms with Gasteiger partial charge < -0.3 is 0 Å². The number of carbonyl (C=O) groups excluding carboxylic acids is 1. The van der Waals surface area contributed by atoms with Crippen LogP contribution in [0.5, 0.6) is 0 Å². The predicted octanol–water partition coefficient (Wildman–Crippen LogP) is 0.801. The third-order valence-electron chi connectivity index (χ3n) is 3.57. The fourth-order valence-electron chi connectivity index (χ4n) is 2.31. The van der Waals surface area contributed by atoms with Crippen molar-refractivity contribution in [1.29, 1.82) is 0 Å². The van der Waals surface area contributed by atoms with Crippen molar-refractivity contribution < 1.29 is 4.79 Å². The fourth-order valence-corrected chi connectivity index (χ4v) is 2.31. The van der Waals surface area contributed by atoms with E-state index < -0.39 is 0 Å². The van der Waals surface area contributed by atoms with Gasteiger partial charge >= 0.3 is 0 Å². The standard InChI is InChI=1S/C12H20N4O/c1-12(2,16-6-4-5-7-16)11(17)8-10-9-15(3)14-13-10/h9H,4-8H2,1-3H3. The number of aryl methyl sites for hydroxylation is 1. The fraction of sp³-hybridized carbons (Fsp3) is 0.750. The van der Waals surface area contributed by atoms with Gasteiger partial charge in [0.2, 0.25) is 0 Å². The van der Waals surface area contributed by atoms with Gasteiger partial charge in [0, 0.05) is 13.2 Å². The second kappa shape index (κ2) is 4.56. The zero-order chi connectivity index (χ0) is 12.5. The van der Waals surface area contributed by atoms with Crippen LogP contribution >= 0.6 is 0 Å². The van der Waals surface area contributed by atoms with Crippen LogP contribution in [0.1, 0.15) is 32.4 Å². The molecule has 5 heteroatoms. The molecule has 0 saturated carbocycles. The van der Waals surface area contributed by atoms with Crippen LogP contribution in [-0.2, 0) is 18.3 Å². The summed E-state index contributed by atoms with van der Waals surface area (Å²) in [6, 6.07) is 0. The van der Waals surface area contributed by atoms with Crippen molar-refractivity contribution >= 4 is 5.78 Å². The van der Waals surface area contributed by atoms with E-state index in [4.69, 9.17) is 0 Å². The summed E-state index contributed by atoms with van der Waals surface area (Å²) < 4.78 is 1.63. The van der Waals surface area contributed by atoms with Gasteiger partial charge in [-0.1, -0.05) is 5.21 Å². The summed E-state index contributed by atoms with van der Waals surface area (Å²) in [5.74, 6) is 0.222. The molecule has 0 unspecified atom stereocenters. The van der Waals surface area contributed by atoms with Crippen LogP contribution in [0, 0.1) is 0 Å². The van der Waals surface area contributed by atoms with E-state index in [1.165, 1.54) is 12.8 Å². The first-order valence-electron chi connectivity index (χ1n) is 6.13. The first-order chi connectivity index (χ1) is 8.00. The molecule has 0 aromatic carbocycles. The van der Waals surface area contributed by atoms with Gasteiger partial charge in [-0.2, -0.15) is 0 Å². The third-order valence-corrected chi connectivity index (χ3v) is 3.57. The van der Waals surface area contributed by atoms with E-state index in [9.17, 15) is 4.79 Å². The molecule has 0 N–H and O–H groups in total. The normalized spacial score (nSPS) is 17.6. The lowest BCUT2D eigenvalue weighted by Gasteiger charge is -2.33. The zero-order valence-electron chi connectivity index (χ0n) is 10.8. The average Bonchev–Trinajstić information content (AvgIpc) is 2.89. The van der Waals surface area contributed by atoms with E-state index in [1.807, 2.05) is 20.9 Å². The van der Waals surface area contributed by atoms with Crippen LogP contribution in [0.3, 0.4) is 0 Å². The highest BCUT2D eigenvalue weighted by Gasteiger charge is 2.35. The average molecular weight is 236 g/mol. The molecule has 1 aromatic rings. The van der Waals surface area contributed by atoms with Crippen molar-refractivity contribution in [2.45, 2.75) is 38.6 Å². The molecular weight excluding hydrogens is 216 g/mol. The number of nitrogens with zero attached hydrogens (tertiary/aromatic N) is 4. The summed E-state index contributed by atoms with van der Waals surface area (Å²) in [5, 5.41) is 7.82. The monoisotopic (exact) mass is 236 g/mol. The van der Waals surface area contributed by atoms with E-state index in [0.29, 0.717) is 6.42 Å². The van der Waals surface area contributed by atoms with E-state index >= 15 is 0 Å². The molecule has 1 saturated heterocycles. The molecule has 1 aliphatic rings. The Morgan fingerprint density at radius 2 is 2.06 bits per heavy atom. The molecule has 17 heavy (non-hydrogen) atoms. The summed E-state index contributed by atoms with van der Waals surface area (Å²) in [6.07, 6.45) is 4.57. The lowest BCUT2D eigenvalue weighted by Crippen LogP contribution is -2.49. The summed E-state index contributed by atoms with van der Waals surface area (Å²) in [5.41, 5.74) is 0.373. The maximum atomic E-state index is 12.3. The van der Waals surface area contributed by atoms with Gasteiger partial charge in [-0.05, 0) is 39.8 Å². The number of rotatable bonds is 4. The number of hydrogen-bond donors (Lipinski definition) is 0. The molecule has 2 rings (SSSR count). The Hall–Kier alpha value is -1.23. The predicted molar refractivity (Wildman–Crippen MR) is 64.6 cm³/mol. The van der Waals surface area contributed by atoms with E-state index in [1.54, 1.807) is 10.9 Å². The second-order valence-electron chi connectivity index (χ2n) is 5.24. The van der Waals surface area contributed by atoms with Gasteiger partial charge in [-0.3, -0.25) is 14.4 Å². The van der Waals surface area contributed by atoms with Crippen LogP contribution in [-0.4, -0.2) is 44.3 Å². The van der Waals surface area contributed by atoms with Crippen molar-refractivity contribution in [1.82, 2.24) is 19.9 Å². The molecule has 0 amide bonds. The molecule has 0 spiro atoms. The van der Waals surface area contributed by atoms with Crippen LogP contribution in [0.25, 0.3) is 0 Å². The number of hydrogen-bond acceptors (Lipinski definition) is 4. The maximum Gasteiger partial charge on any atom is 0.158 e. The van der Waals surface area contributed by atoms with Crippen molar-refractivity contribution in [3.05, 3.63) is 11.9 Å². The highest BCUT2D eigenvalue weighted by atomic mass is 16.1. The van der Waals surface area contributed by atoms with Gasteiger partial charge in [0.1, 0.15) is 0 Å². The van der Waals surface area contributed by atoms with Crippen molar-refractivity contribution in [2.75, 3.05) is 13.1 Å². The van der Waals surface area contributed by atoms with Crippen molar-refractivity contribution in [2.24, 2.45) is 7.05 Å². The molecule has 5 nitrogen and oxygen atoms in total. The smallest absolute Gasteiger partial charge is 0.158 e. The Kier molecular flexibility index (Phi) is 3.28. The van der Waals surface area contributed by atoms with Gasteiger partial charge in [0.25, 0.3) is 0 Å². The van der Waals surface area contributed by atoms with Crippen molar-refractivity contribution in [3.63, 3.8) is 0 Å². The SMILES string of the molecule is Cn1cc(CC(=O)C(C)(C)N2CCCC2)nn1. The lowest BCUT2D eigenvalue weighted by molar-refractivity contribution is -0.128. The van der Waals surface area contributed by atoms with Gasteiger partial charge in [0.05, 0.1) is 17.7 Å². The Morgan fingerprint density at radius 1 is 1.41 bits per heavy atom. The quantitative estimate of drug-likeness (QED) is 0.776. The maximum absolute atomic E-state index is 12.3. The summed E-state index contributed by atoms with van der Waals surface area (Å²) >= 11 is 0. The number of Topliss-reactive ketones (excluding diaryl/α,β-unsaturated/α-hetero) is 1. The molecule has 2 heterocycles. The molecular formula is C12H20N4O. The second-order valence-corrected chi connectivity index (χ2v) is 5.24. The number of likely N-dealkylation sites (tertiary alicyclic amines) is 1. The van der Waals surface area contributed by atoms with Gasteiger partial charge in [-0.25, -0.2) is 0 Å². The minimum atomic E-state index is -0.381. The van der Waals surface area contributed by atoms with Crippen LogP contribution in [0.15, 0.2) is 6.20 Å². The van der Waals surface area contributed by atoms with Crippen LogP contribution in [0.4, 0.5) is 0 Å². The van der Waals surface area contributed by atoms with E-state index in [2.05, 4.69) is 15.2 Å². The molecule has 0 radical (unpaired) electrons. The zero-order valence-corrected chi connectivity index (χ0v) is 10.8. The number of ketones is 1. The third kappa shape index (κ3) is 2.54. The highest BCUT2D eigenvalue weighted by Crippen LogP contribution is 2.22. The number of aromatic nitrogens is 3. The molecule has 94 valence electrons. The molecule has 0 bridgehead atoms. The Morgan fingerprint density at radius 3 is 2.59 bits per heavy atom. The van der Waals surface area contributed by atoms with Crippen LogP contribution in [0.2, 0.25) is 0 Å². The minimum absolute atomic E-state index is 0.222. The van der Waals surface area contributed by atoms with Gasteiger partial charge in [-0.15, -0.1) is 5.10 Å². The number of carbonyl (C=O) groups is 1. The van der Waals surface area contributed by atoms with Crippen LogP contribution < -0.4 is 0 Å². The molecule has 1 fully saturated rings. The lowest BCUT2D eigenvalue weighted by atomic mass is 9.94. The Bertz CT molecular complexity index is 404.